The average Bonchev–Trinajstić information content (AvgIpc) is 2.34. The lowest BCUT2D eigenvalue weighted by molar-refractivity contribution is 0.108. The minimum Gasteiger partial charge on any atom is -0.474 e. The molecule has 2 unspecified atom stereocenters. The van der Waals surface area contributed by atoms with Crippen molar-refractivity contribution >= 4 is 25.7 Å². The van der Waals surface area contributed by atoms with Crippen LogP contribution in [0.4, 0.5) is 4.39 Å². The van der Waals surface area contributed by atoms with E-state index in [1.165, 1.54) is 12.1 Å². The van der Waals surface area contributed by atoms with Crippen LogP contribution >= 0.6 is 20.4 Å². The Morgan fingerprint density at radius 3 is 2.63 bits per heavy atom. The van der Waals surface area contributed by atoms with Gasteiger partial charge in [-0.05, 0) is 48.6 Å². The van der Waals surface area contributed by atoms with E-state index in [9.17, 15) is 9.18 Å². The Kier molecular flexibility index (Phi) is 6.74. The number of rotatable bonds is 7. The molecule has 106 valence electrons. The maximum atomic E-state index is 13.7. The van der Waals surface area contributed by atoms with Crippen LogP contribution < -0.4 is 4.52 Å². The lowest BCUT2D eigenvalue weighted by Crippen LogP contribution is -2.05. The van der Waals surface area contributed by atoms with Gasteiger partial charge in [0.2, 0.25) is 0 Å². The van der Waals surface area contributed by atoms with Crippen molar-refractivity contribution in [2.75, 3.05) is 0 Å². The van der Waals surface area contributed by atoms with Crippen molar-refractivity contribution in [3.63, 3.8) is 0 Å². The van der Waals surface area contributed by atoms with E-state index in [1.807, 2.05) is 0 Å². The van der Waals surface area contributed by atoms with Crippen LogP contribution in [0.15, 0.2) is 18.2 Å². The zero-order chi connectivity index (χ0) is 14.4. The first-order valence-corrected chi connectivity index (χ1v) is 7.72. The molecule has 19 heavy (non-hydrogen) atoms. The molecule has 0 heterocycles. The highest BCUT2D eigenvalue weighted by Gasteiger charge is 2.13. The minimum absolute atomic E-state index is 0.143. The quantitative estimate of drug-likeness (QED) is 0.523. The van der Waals surface area contributed by atoms with Crippen LogP contribution in [0.25, 0.3) is 0 Å². The molecule has 1 aromatic carbocycles. The van der Waals surface area contributed by atoms with Gasteiger partial charge in [0.15, 0.2) is 11.6 Å². The van der Waals surface area contributed by atoms with Crippen molar-refractivity contribution in [3.8, 4) is 5.75 Å². The summed E-state index contributed by atoms with van der Waals surface area (Å²) in [6.45, 7) is 6.43. The van der Waals surface area contributed by atoms with E-state index < -0.39 is 11.1 Å². The van der Waals surface area contributed by atoms with Gasteiger partial charge in [-0.25, -0.2) is 4.39 Å². The van der Waals surface area contributed by atoms with Gasteiger partial charge in [-0.1, -0.05) is 20.8 Å². The first-order chi connectivity index (χ1) is 8.93. The van der Waals surface area contributed by atoms with E-state index in [0.717, 1.165) is 18.9 Å². The molecule has 0 radical (unpaired) electrons. The summed E-state index contributed by atoms with van der Waals surface area (Å²) in [4.78, 5) is 10.9. The third-order valence-electron chi connectivity index (χ3n) is 2.74. The summed E-state index contributed by atoms with van der Waals surface area (Å²) in [7, 11) is 0.223. The van der Waals surface area contributed by atoms with Crippen LogP contribution in [0.3, 0.4) is 0 Å². The molecular formula is C14H19ClFO2P. The van der Waals surface area contributed by atoms with E-state index in [0.29, 0.717) is 11.6 Å². The van der Waals surface area contributed by atoms with Crippen LogP contribution in [0.5, 0.6) is 5.75 Å². The number of carbonyl (C=O) groups is 1. The minimum atomic E-state index is -0.667. The van der Waals surface area contributed by atoms with Gasteiger partial charge in [0.25, 0.3) is 5.24 Å². The van der Waals surface area contributed by atoms with E-state index in [2.05, 4.69) is 20.8 Å². The van der Waals surface area contributed by atoms with E-state index >= 15 is 0 Å². The van der Waals surface area contributed by atoms with Crippen LogP contribution in [-0.4, -0.2) is 10.9 Å². The summed E-state index contributed by atoms with van der Waals surface area (Å²) in [6.07, 6.45) is 2.07. The van der Waals surface area contributed by atoms with E-state index in [1.54, 1.807) is 0 Å². The third-order valence-corrected chi connectivity index (χ3v) is 4.28. The molecule has 0 aromatic heterocycles. The highest BCUT2D eigenvalue weighted by molar-refractivity contribution is 7.33. The lowest BCUT2D eigenvalue weighted by atomic mass is 10.1. The first-order valence-electron chi connectivity index (χ1n) is 6.35. The summed E-state index contributed by atoms with van der Waals surface area (Å²) in [5, 5.41) is -0.667. The van der Waals surface area contributed by atoms with Gasteiger partial charge in [0.1, 0.15) is 0 Å². The van der Waals surface area contributed by atoms with Gasteiger partial charge < -0.3 is 4.52 Å². The van der Waals surface area contributed by atoms with Gasteiger partial charge in [-0.2, -0.15) is 0 Å². The van der Waals surface area contributed by atoms with Crippen LogP contribution in [0, 0.1) is 11.7 Å². The average molecular weight is 305 g/mol. The Morgan fingerprint density at radius 2 is 2.16 bits per heavy atom. The Labute approximate surface area is 120 Å². The molecular weight excluding hydrogens is 286 g/mol. The van der Waals surface area contributed by atoms with Crippen LogP contribution in [0.1, 0.15) is 44.0 Å². The highest BCUT2D eigenvalue weighted by Crippen LogP contribution is 2.32. The number of carbonyl (C=O) groups excluding carboxylic acids is 1. The van der Waals surface area contributed by atoms with Crippen molar-refractivity contribution < 1.29 is 13.7 Å². The normalized spacial score (nSPS) is 13.2. The second kappa shape index (κ2) is 7.81. The summed E-state index contributed by atoms with van der Waals surface area (Å²) in [5.41, 5.74) is 0.581. The van der Waals surface area contributed by atoms with Gasteiger partial charge in [0, 0.05) is 11.2 Å². The van der Waals surface area contributed by atoms with E-state index in [4.69, 9.17) is 16.1 Å². The van der Waals surface area contributed by atoms with Gasteiger partial charge >= 0.3 is 0 Å². The molecule has 1 rings (SSSR count). The molecule has 5 heteroatoms. The monoisotopic (exact) mass is 304 g/mol. The predicted molar refractivity (Wildman–Crippen MR) is 79.1 cm³/mol. The fourth-order valence-electron chi connectivity index (χ4n) is 1.72. The van der Waals surface area contributed by atoms with Crippen LogP contribution in [0.2, 0.25) is 0 Å². The second-order valence-corrected chi connectivity index (χ2v) is 6.47. The van der Waals surface area contributed by atoms with Crippen molar-refractivity contribution in [3.05, 3.63) is 29.6 Å². The summed E-state index contributed by atoms with van der Waals surface area (Å²) in [5.74, 6) is 0.239. The Morgan fingerprint density at radius 1 is 1.47 bits per heavy atom. The topological polar surface area (TPSA) is 26.3 Å². The molecule has 0 aliphatic rings. The Balaban J connectivity index is 2.64. The SMILES string of the molecule is CCC(CC(C)C)POc1ccc(C(=O)Cl)cc1F. The first kappa shape index (κ1) is 16.4. The maximum absolute atomic E-state index is 13.7. The van der Waals surface area contributed by atoms with Gasteiger partial charge in [0.05, 0.1) is 8.81 Å². The smallest absolute Gasteiger partial charge is 0.252 e. The molecule has 2 atom stereocenters. The van der Waals surface area contributed by atoms with Crippen molar-refractivity contribution in [2.45, 2.75) is 39.3 Å². The fraction of sp³-hybridized carbons (Fsp3) is 0.500. The van der Waals surface area contributed by atoms with Crippen LogP contribution in [-0.2, 0) is 0 Å². The molecule has 2 nitrogen and oxygen atoms in total. The number of hydrogen-bond donors (Lipinski definition) is 0. The van der Waals surface area contributed by atoms with Crippen molar-refractivity contribution in [1.29, 1.82) is 0 Å². The molecule has 0 bridgehead atoms. The maximum Gasteiger partial charge on any atom is 0.252 e. The summed E-state index contributed by atoms with van der Waals surface area (Å²) in [6, 6.07) is 4.04. The van der Waals surface area contributed by atoms with Gasteiger partial charge in [-0.15, -0.1) is 0 Å². The summed E-state index contributed by atoms with van der Waals surface area (Å²) >= 11 is 5.29. The molecule has 0 saturated heterocycles. The molecule has 0 aliphatic carbocycles. The highest BCUT2D eigenvalue weighted by atomic mass is 35.5. The third kappa shape index (κ3) is 5.46. The largest absolute Gasteiger partial charge is 0.474 e. The number of hydrogen-bond acceptors (Lipinski definition) is 2. The second-order valence-electron chi connectivity index (χ2n) is 4.87. The zero-order valence-electron chi connectivity index (χ0n) is 11.4. The molecule has 0 N–H and O–H groups in total. The van der Waals surface area contributed by atoms with Crippen molar-refractivity contribution in [2.24, 2.45) is 5.92 Å². The number of halogens is 2. The molecule has 0 saturated carbocycles. The zero-order valence-corrected chi connectivity index (χ0v) is 13.1. The number of benzene rings is 1. The molecule has 1 aromatic rings. The molecule has 0 aliphatic heterocycles. The van der Waals surface area contributed by atoms with Gasteiger partial charge in [-0.3, -0.25) is 4.79 Å². The molecule has 0 fully saturated rings. The van der Waals surface area contributed by atoms with E-state index in [-0.39, 0.29) is 20.1 Å². The lowest BCUT2D eigenvalue weighted by Gasteiger charge is -2.17. The Bertz CT molecular complexity index is 437. The summed E-state index contributed by atoms with van der Waals surface area (Å²) < 4.78 is 19.2. The molecule has 0 spiro atoms. The fourth-order valence-corrected chi connectivity index (χ4v) is 3.03. The standard InChI is InChI=1S/C14H19ClFO2P/c1-4-11(7-9(2)3)19-18-13-6-5-10(14(15)17)8-12(13)16/h5-6,8-9,11,19H,4,7H2,1-3H3. The predicted octanol–water partition coefficient (Wildman–Crippen LogP) is 5.00. The molecule has 0 amide bonds. The van der Waals surface area contributed by atoms with Crippen molar-refractivity contribution in [1.82, 2.24) is 0 Å². The Hall–Kier alpha value is -0.660.